The standard InChI is InChI=1S/C11H10BrFN4O/c1-17-3-2-10(16-17)15-11(18)6-4-9(14)8(13)5-7(6)12/h2-5H,14H2,1H3,(H,15,16,18). The topological polar surface area (TPSA) is 72.9 Å². The molecule has 0 bridgehead atoms. The van der Waals surface area contributed by atoms with E-state index in [1.807, 2.05) is 0 Å². The zero-order chi connectivity index (χ0) is 13.3. The minimum absolute atomic E-state index is 0.0793. The number of anilines is 2. The second-order valence-corrected chi connectivity index (χ2v) is 4.54. The summed E-state index contributed by atoms with van der Waals surface area (Å²) in [5, 5.41) is 6.60. The maximum absolute atomic E-state index is 13.2. The maximum Gasteiger partial charge on any atom is 0.258 e. The number of nitrogens with zero attached hydrogens (tertiary/aromatic N) is 2. The van der Waals surface area contributed by atoms with Crippen molar-refractivity contribution >= 4 is 33.3 Å². The fraction of sp³-hybridized carbons (Fsp3) is 0.0909. The normalized spacial score (nSPS) is 10.4. The van der Waals surface area contributed by atoms with E-state index in [1.54, 1.807) is 24.0 Å². The molecule has 0 saturated carbocycles. The molecule has 3 N–H and O–H groups in total. The van der Waals surface area contributed by atoms with E-state index in [9.17, 15) is 9.18 Å². The van der Waals surface area contributed by atoms with Crippen molar-refractivity contribution in [2.45, 2.75) is 0 Å². The van der Waals surface area contributed by atoms with E-state index in [0.29, 0.717) is 10.3 Å². The zero-order valence-corrected chi connectivity index (χ0v) is 11.0. The molecule has 0 unspecified atom stereocenters. The predicted octanol–water partition coefficient (Wildman–Crippen LogP) is 2.16. The number of halogens is 2. The molecule has 5 nitrogen and oxygen atoms in total. The summed E-state index contributed by atoms with van der Waals surface area (Å²) in [5.41, 5.74) is 5.60. The van der Waals surface area contributed by atoms with Crippen LogP contribution in [-0.2, 0) is 7.05 Å². The van der Waals surface area contributed by atoms with Crippen LogP contribution in [0.25, 0.3) is 0 Å². The number of nitrogens with one attached hydrogen (secondary N) is 1. The van der Waals surface area contributed by atoms with E-state index >= 15 is 0 Å². The molecular weight excluding hydrogens is 303 g/mol. The Morgan fingerprint density at radius 1 is 1.56 bits per heavy atom. The van der Waals surface area contributed by atoms with Crippen molar-refractivity contribution in [2.75, 3.05) is 11.1 Å². The number of nitrogen functional groups attached to an aromatic ring is 1. The Bertz CT molecular complexity index is 611. The minimum Gasteiger partial charge on any atom is -0.396 e. The molecule has 0 aliphatic rings. The van der Waals surface area contributed by atoms with Gasteiger partial charge in [0.15, 0.2) is 5.82 Å². The summed E-state index contributed by atoms with van der Waals surface area (Å²) in [4.78, 5) is 11.9. The summed E-state index contributed by atoms with van der Waals surface area (Å²) in [6.07, 6.45) is 1.70. The number of carbonyl (C=O) groups is 1. The molecule has 0 saturated heterocycles. The fourth-order valence-electron chi connectivity index (χ4n) is 1.41. The molecule has 1 amide bonds. The third-order valence-corrected chi connectivity index (χ3v) is 2.94. The average Bonchev–Trinajstić information content (AvgIpc) is 2.69. The Labute approximate surface area is 111 Å². The van der Waals surface area contributed by atoms with Gasteiger partial charge in [-0.1, -0.05) is 0 Å². The zero-order valence-electron chi connectivity index (χ0n) is 9.45. The van der Waals surface area contributed by atoms with Crippen LogP contribution >= 0.6 is 15.9 Å². The quantitative estimate of drug-likeness (QED) is 0.835. The van der Waals surface area contributed by atoms with Crippen LogP contribution in [0, 0.1) is 5.82 Å². The highest BCUT2D eigenvalue weighted by Crippen LogP contribution is 2.23. The SMILES string of the molecule is Cn1ccc(NC(=O)c2cc(N)c(F)cc2Br)n1. The molecule has 0 aliphatic carbocycles. The van der Waals surface area contributed by atoms with Gasteiger partial charge in [-0.2, -0.15) is 5.10 Å². The van der Waals surface area contributed by atoms with E-state index in [-0.39, 0.29) is 11.3 Å². The molecule has 94 valence electrons. The number of amides is 1. The Morgan fingerprint density at radius 3 is 2.89 bits per heavy atom. The number of hydrogen-bond donors (Lipinski definition) is 2. The number of hydrogen-bond acceptors (Lipinski definition) is 3. The molecule has 1 heterocycles. The smallest absolute Gasteiger partial charge is 0.258 e. The van der Waals surface area contributed by atoms with Crippen LogP contribution < -0.4 is 11.1 Å². The summed E-state index contributed by atoms with van der Waals surface area (Å²) >= 11 is 3.12. The van der Waals surface area contributed by atoms with Gasteiger partial charge in [0.05, 0.1) is 11.3 Å². The summed E-state index contributed by atoms with van der Waals surface area (Å²) in [6.45, 7) is 0. The fourth-order valence-corrected chi connectivity index (χ4v) is 1.90. The highest BCUT2D eigenvalue weighted by atomic mass is 79.9. The van der Waals surface area contributed by atoms with Crippen molar-refractivity contribution in [3.05, 3.63) is 40.2 Å². The first-order valence-corrected chi connectivity index (χ1v) is 5.82. The summed E-state index contributed by atoms with van der Waals surface area (Å²) in [5.74, 6) is -0.569. The van der Waals surface area contributed by atoms with Crippen molar-refractivity contribution in [3.63, 3.8) is 0 Å². The molecule has 0 atom stereocenters. The van der Waals surface area contributed by atoms with Gasteiger partial charge in [0.25, 0.3) is 5.91 Å². The van der Waals surface area contributed by atoms with Crippen molar-refractivity contribution in [3.8, 4) is 0 Å². The van der Waals surface area contributed by atoms with Gasteiger partial charge >= 0.3 is 0 Å². The number of aromatic nitrogens is 2. The molecule has 18 heavy (non-hydrogen) atoms. The maximum atomic E-state index is 13.2. The molecule has 7 heteroatoms. The second-order valence-electron chi connectivity index (χ2n) is 3.68. The second kappa shape index (κ2) is 4.77. The lowest BCUT2D eigenvalue weighted by Crippen LogP contribution is -2.14. The van der Waals surface area contributed by atoms with Crippen LogP contribution in [0.2, 0.25) is 0 Å². The molecule has 0 radical (unpaired) electrons. The minimum atomic E-state index is -0.573. The van der Waals surface area contributed by atoms with E-state index < -0.39 is 11.7 Å². The monoisotopic (exact) mass is 312 g/mol. The van der Waals surface area contributed by atoms with Gasteiger partial charge in [-0.15, -0.1) is 0 Å². The van der Waals surface area contributed by atoms with Gasteiger partial charge in [-0.25, -0.2) is 4.39 Å². The first-order valence-electron chi connectivity index (χ1n) is 5.03. The molecule has 1 aromatic heterocycles. The molecule has 1 aromatic carbocycles. The Balaban J connectivity index is 2.26. The molecule has 0 fully saturated rings. The lowest BCUT2D eigenvalue weighted by Gasteiger charge is -2.06. The summed E-state index contributed by atoms with van der Waals surface area (Å²) in [7, 11) is 1.74. The first kappa shape index (κ1) is 12.6. The highest BCUT2D eigenvalue weighted by molar-refractivity contribution is 9.10. The first-order chi connectivity index (χ1) is 8.47. The molecular formula is C11H10BrFN4O. The highest BCUT2D eigenvalue weighted by Gasteiger charge is 2.14. The summed E-state index contributed by atoms with van der Waals surface area (Å²) in [6, 6.07) is 4.08. The van der Waals surface area contributed by atoms with Gasteiger partial charge in [0.2, 0.25) is 0 Å². The van der Waals surface area contributed by atoms with Crippen LogP contribution in [0.1, 0.15) is 10.4 Å². The number of benzene rings is 1. The number of nitrogens with two attached hydrogens (primary N) is 1. The van der Waals surface area contributed by atoms with Gasteiger partial charge < -0.3 is 11.1 Å². The Morgan fingerprint density at radius 2 is 2.28 bits per heavy atom. The average molecular weight is 313 g/mol. The van der Waals surface area contributed by atoms with Crippen molar-refractivity contribution < 1.29 is 9.18 Å². The molecule has 2 aromatic rings. The largest absolute Gasteiger partial charge is 0.396 e. The number of carbonyl (C=O) groups excluding carboxylic acids is 1. The van der Waals surface area contributed by atoms with Crippen LogP contribution in [0.15, 0.2) is 28.9 Å². The van der Waals surface area contributed by atoms with Crippen LogP contribution in [0.5, 0.6) is 0 Å². The van der Waals surface area contributed by atoms with Gasteiger partial charge in [0.1, 0.15) is 5.82 Å². The third-order valence-electron chi connectivity index (χ3n) is 2.29. The van der Waals surface area contributed by atoms with Crippen molar-refractivity contribution in [1.82, 2.24) is 9.78 Å². The summed E-state index contributed by atoms with van der Waals surface area (Å²) < 4.78 is 15.0. The van der Waals surface area contributed by atoms with E-state index in [0.717, 1.165) is 6.07 Å². The van der Waals surface area contributed by atoms with Crippen LogP contribution in [0.4, 0.5) is 15.9 Å². The number of aryl methyl sites for hydroxylation is 1. The van der Waals surface area contributed by atoms with Gasteiger partial charge in [0, 0.05) is 23.8 Å². The third kappa shape index (κ3) is 2.51. The van der Waals surface area contributed by atoms with E-state index in [2.05, 4.69) is 26.3 Å². The molecule has 0 aliphatic heterocycles. The van der Waals surface area contributed by atoms with Gasteiger partial charge in [-0.05, 0) is 28.1 Å². The van der Waals surface area contributed by atoms with Crippen molar-refractivity contribution in [1.29, 1.82) is 0 Å². The van der Waals surface area contributed by atoms with Crippen LogP contribution in [0.3, 0.4) is 0 Å². The Kier molecular flexibility index (Phi) is 3.33. The molecule has 0 spiro atoms. The lowest BCUT2D eigenvalue weighted by atomic mass is 10.2. The molecule has 2 rings (SSSR count). The van der Waals surface area contributed by atoms with Crippen molar-refractivity contribution in [2.24, 2.45) is 7.05 Å². The Hall–Kier alpha value is -1.89. The lowest BCUT2D eigenvalue weighted by molar-refractivity contribution is 0.102. The van der Waals surface area contributed by atoms with Crippen LogP contribution in [-0.4, -0.2) is 15.7 Å². The van der Waals surface area contributed by atoms with E-state index in [4.69, 9.17) is 5.73 Å². The number of rotatable bonds is 2. The van der Waals surface area contributed by atoms with E-state index in [1.165, 1.54) is 6.07 Å². The predicted molar refractivity (Wildman–Crippen MR) is 69.7 cm³/mol. The van der Waals surface area contributed by atoms with Gasteiger partial charge in [-0.3, -0.25) is 9.48 Å².